The number of nitrogens with zero attached hydrogens (tertiary/aromatic N) is 1. The second kappa shape index (κ2) is 6.87. The molecule has 1 unspecified atom stereocenters. The van der Waals surface area contributed by atoms with Crippen molar-refractivity contribution < 1.29 is 4.74 Å². The largest absolute Gasteiger partial charge is 0.383 e. The third kappa shape index (κ3) is 4.21. The van der Waals surface area contributed by atoms with E-state index in [1.807, 2.05) is 14.1 Å². The Bertz CT molecular complexity index is 355. The van der Waals surface area contributed by atoms with E-state index in [1.165, 1.54) is 5.69 Å². The van der Waals surface area contributed by atoms with Crippen LogP contribution in [0.15, 0.2) is 22.7 Å². The molecule has 0 fully saturated rings. The summed E-state index contributed by atoms with van der Waals surface area (Å²) in [6.45, 7) is 2.87. The fourth-order valence-electron chi connectivity index (χ4n) is 1.70. The van der Waals surface area contributed by atoms with Crippen molar-refractivity contribution in [3.05, 3.63) is 22.7 Å². The smallest absolute Gasteiger partial charge is 0.0663 e. The van der Waals surface area contributed by atoms with Crippen LogP contribution in [0.1, 0.15) is 13.3 Å². The quantitative estimate of drug-likeness (QED) is 0.872. The fourth-order valence-corrected chi connectivity index (χ4v) is 2.06. The maximum atomic E-state index is 5.21. The van der Waals surface area contributed by atoms with Crippen LogP contribution in [0.5, 0.6) is 0 Å². The summed E-state index contributed by atoms with van der Waals surface area (Å²) in [5, 5.41) is 3.52. The highest BCUT2D eigenvalue weighted by atomic mass is 79.9. The zero-order valence-corrected chi connectivity index (χ0v) is 12.5. The Morgan fingerprint density at radius 3 is 2.65 bits per heavy atom. The highest BCUT2D eigenvalue weighted by molar-refractivity contribution is 9.10. The molecule has 3 nitrogen and oxygen atoms in total. The first-order valence-corrected chi connectivity index (χ1v) is 6.60. The Morgan fingerprint density at radius 2 is 2.12 bits per heavy atom. The first-order chi connectivity index (χ1) is 8.08. The van der Waals surface area contributed by atoms with Crippen LogP contribution in [0.4, 0.5) is 11.4 Å². The normalized spacial score (nSPS) is 12.3. The molecule has 96 valence electrons. The Kier molecular flexibility index (Phi) is 5.78. The van der Waals surface area contributed by atoms with E-state index in [9.17, 15) is 0 Å². The summed E-state index contributed by atoms with van der Waals surface area (Å²) in [5.41, 5.74) is 2.32. The molecule has 0 saturated heterocycles. The van der Waals surface area contributed by atoms with Crippen molar-refractivity contribution in [2.75, 3.05) is 38.0 Å². The molecule has 0 spiro atoms. The van der Waals surface area contributed by atoms with Gasteiger partial charge in [0.2, 0.25) is 0 Å². The molecule has 0 heterocycles. The maximum Gasteiger partial charge on any atom is 0.0663 e. The molecule has 1 aromatic carbocycles. The molecule has 0 aromatic heterocycles. The molecule has 4 heteroatoms. The van der Waals surface area contributed by atoms with E-state index in [4.69, 9.17) is 4.74 Å². The molecule has 1 aromatic rings. The number of nitrogens with one attached hydrogen (secondary N) is 1. The van der Waals surface area contributed by atoms with E-state index in [1.54, 1.807) is 7.11 Å². The number of halogens is 1. The highest BCUT2D eigenvalue weighted by Crippen LogP contribution is 2.28. The van der Waals surface area contributed by atoms with Crippen LogP contribution in [0.3, 0.4) is 0 Å². The average Bonchev–Trinajstić information content (AvgIpc) is 2.28. The number of hydrogen-bond acceptors (Lipinski definition) is 3. The lowest BCUT2D eigenvalue weighted by molar-refractivity contribution is 0.184. The van der Waals surface area contributed by atoms with Crippen molar-refractivity contribution in [3.8, 4) is 0 Å². The van der Waals surface area contributed by atoms with Gasteiger partial charge in [-0.05, 0) is 24.6 Å². The van der Waals surface area contributed by atoms with Gasteiger partial charge in [-0.3, -0.25) is 0 Å². The van der Waals surface area contributed by atoms with Crippen molar-refractivity contribution >= 4 is 27.3 Å². The second-order valence-electron chi connectivity index (χ2n) is 4.26. The number of benzene rings is 1. The van der Waals surface area contributed by atoms with Crippen LogP contribution in [-0.4, -0.2) is 33.9 Å². The van der Waals surface area contributed by atoms with Crippen molar-refractivity contribution in [2.45, 2.75) is 19.4 Å². The minimum atomic E-state index is 0.341. The molecule has 0 aliphatic heterocycles. The summed E-state index contributed by atoms with van der Waals surface area (Å²) in [4.78, 5) is 2.11. The van der Waals surface area contributed by atoms with Crippen molar-refractivity contribution in [3.63, 3.8) is 0 Å². The average molecular weight is 301 g/mol. The van der Waals surface area contributed by atoms with Gasteiger partial charge < -0.3 is 15.0 Å². The Hall–Kier alpha value is -0.740. The van der Waals surface area contributed by atoms with Gasteiger partial charge >= 0.3 is 0 Å². The van der Waals surface area contributed by atoms with Crippen molar-refractivity contribution in [1.82, 2.24) is 0 Å². The minimum absolute atomic E-state index is 0.341. The lowest BCUT2D eigenvalue weighted by atomic mass is 10.2. The molecule has 0 aliphatic carbocycles. The predicted molar refractivity (Wildman–Crippen MR) is 78.0 cm³/mol. The molecule has 0 aliphatic rings. The summed E-state index contributed by atoms with van der Waals surface area (Å²) < 4.78 is 6.29. The van der Waals surface area contributed by atoms with Crippen molar-refractivity contribution in [2.24, 2.45) is 0 Å². The molecule has 1 atom stereocenters. The van der Waals surface area contributed by atoms with Crippen molar-refractivity contribution in [1.29, 1.82) is 0 Å². The maximum absolute atomic E-state index is 5.21. The summed E-state index contributed by atoms with van der Waals surface area (Å²) >= 11 is 3.51. The third-order valence-corrected chi connectivity index (χ3v) is 3.15. The van der Waals surface area contributed by atoms with Gasteiger partial charge in [0.25, 0.3) is 0 Å². The SMILES string of the molecule is CCC(COC)Nc1cc(Br)ccc1N(C)C. The van der Waals surface area contributed by atoms with E-state index in [-0.39, 0.29) is 0 Å². The number of ether oxygens (including phenoxy) is 1. The van der Waals surface area contributed by atoms with E-state index >= 15 is 0 Å². The van der Waals surface area contributed by atoms with Crippen LogP contribution in [0.2, 0.25) is 0 Å². The zero-order valence-electron chi connectivity index (χ0n) is 11.0. The molecular weight excluding hydrogens is 280 g/mol. The van der Waals surface area contributed by atoms with Gasteiger partial charge in [-0.25, -0.2) is 0 Å². The van der Waals surface area contributed by atoms with Gasteiger partial charge in [0, 0.05) is 31.7 Å². The number of hydrogen-bond donors (Lipinski definition) is 1. The monoisotopic (exact) mass is 300 g/mol. The zero-order chi connectivity index (χ0) is 12.8. The molecule has 1 rings (SSSR count). The molecule has 0 radical (unpaired) electrons. The van der Waals surface area contributed by atoms with Crippen LogP contribution >= 0.6 is 15.9 Å². The lowest BCUT2D eigenvalue weighted by Gasteiger charge is -2.23. The predicted octanol–water partition coefficient (Wildman–Crippen LogP) is 3.35. The van der Waals surface area contributed by atoms with Gasteiger partial charge in [-0.2, -0.15) is 0 Å². The molecule has 0 amide bonds. The number of methoxy groups -OCH3 is 1. The molecule has 17 heavy (non-hydrogen) atoms. The summed E-state index contributed by atoms with van der Waals surface area (Å²) in [6, 6.07) is 6.60. The van der Waals surface area contributed by atoms with Gasteiger partial charge in [-0.15, -0.1) is 0 Å². The van der Waals surface area contributed by atoms with E-state index in [0.717, 1.165) is 23.2 Å². The third-order valence-electron chi connectivity index (χ3n) is 2.66. The van der Waals surface area contributed by atoms with Gasteiger partial charge in [0.05, 0.1) is 18.0 Å². The summed E-state index contributed by atoms with van der Waals surface area (Å²) in [7, 11) is 5.83. The van der Waals surface area contributed by atoms with Crippen LogP contribution in [-0.2, 0) is 4.74 Å². The van der Waals surface area contributed by atoms with Crippen LogP contribution in [0.25, 0.3) is 0 Å². The van der Waals surface area contributed by atoms with E-state index in [2.05, 4.69) is 51.3 Å². The van der Waals surface area contributed by atoms with Crippen LogP contribution < -0.4 is 10.2 Å². The van der Waals surface area contributed by atoms with E-state index < -0.39 is 0 Å². The molecule has 0 bridgehead atoms. The molecular formula is C13H21BrN2O. The van der Waals surface area contributed by atoms with Gasteiger partial charge in [0.15, 0.2) is 0 Å². The number of anilines is 2. The van der Waals surface area contributed by atoms with Crippen LogP contribution in [0, 0.1) is 0 Å². The molecule has 0 saturated carbocycles. The van der Waals surface area contributed by atoms with Gasteiger partial charge in [-0.1, -0.05) is 22.9 Å². The first kappa shape index (κ1) is 14.3. The Balaban J connectivity index is 2.90. The summed E-state index contributed by atoms with van der Waals surface area (Å²) in [6.07, 6.45) is 1.03. The highest BCUT2D eigenvalue weighted by Gasteiger charge is 2.10. The fraction of sp³-hybridized carbons (Fsp3) is 0.538. The summed E-state index contributed by atoms with van der Waals surface area (Å²) in [5.74, 6) is 0. The second-order valence-corrected chi connectivity index (χ2v) is 5.18. The Morgan fingerprint density at radius 1 is 1.41 bits per heavy atom. The Labute approximate surface area is 112 Å². The van der Waals surface area contributed by atoms with E-state index in [0.29, 0.717) is 6.04 Å². The molecule has 1 N–H and O–H groups in total. The lowest BCUT2D eigenvalue weighted by Crippen LogP contribution is -2.25. The minimum Gasteiger partial charge on any atom is -0.383 e. The number of rotatable bonds is 6. The van der Waals surface area contributed by atoms with Gasteiger partial charge in [0.1, 0.15) is 0 Å². The topological polar surface area (TPSA) is 24.5 Å². The first-order valence-electron chi connectivity index (χ1n) is 5.80. The standard InChI is InChI=1S/C13H21BrN2O/c1-5-11(9-17-4)15-12-8-10(14)6-7-13(12)16(2)3/h6-8,11,15H,5,9H2,1-4H3.